The van der Waals surface area contributed by atoms with Crippen LogP contribution >= 0.6 is 0 Å². The second-order valence-electron chi connectivity index (χ2n) is 32.1. The maximum atomic E-state index is 13.4. The van der Waals surface area contributed by atoms with Crippen LogP contribution in [0.4, 0.5) is 0 Å². The Labute approximate surface area is 651 Å². The fourth-order valence-corrected chi connectivity index (χ4v) is 15.2. The lowest BCUT2D eigenvalue weighted by Gasteiger charge is -2.46. The van der Waals surface area contributed by atoms with Gasteiger partial charge in [-0.05, 0) is 57.8 Å². The summed E-state index contributed by atoms with van der Waals surface area (Å²) in [6, 6.07) is -0.830. The van der Waals surface area contributed by atoms with Crippen molar-refractivity contribution in [2.75, 3.05) is 19.8 Å². The fraction of sp³-hybridized carbons (Fsp3) is 0.880. The Bertz CT molecular complexity index is 2020. The van der Waals surface area contributed by atoms with Gasteiger partial charge in [-0.2, -0.15) is 0 Å². The summed E-state index contributed by atoms with van der Waals surface area (Å²) < 4.78 is 23.0. The summed E-state index contributed by atoms with van der Waals surface area (Å²) in [4.78, 5) is 13.4. The number of carbonyl (C=O) groups excluding carboxylic acids is 1. The number of hydrogen-bond acceptors (Lipinski definition) is 13. The van der Waals surface area contributed by atoms with Crippen LogP contribution in [0, 0.1) is 0 Å². The van der Waals surface area contributed by atoms with Gasteiger partial charge in [0.05, 0.1) is 32.0 Å². The topological polar surface area (TPSA) is 228 Å². The number of hydrogen-bond donors (Lipinski definition) is 9. The number of allylic oxidation sites excluding steroid dienone is 10. The molecule has 12 atom stereocenters. The molecule has 0 saturated carbocycles. The third kappa shape index (κ3) is 56.8. The van der Waals surface area contributed by atoms with E-state index in [2.05, 4.69) is 79.9 Å². The number of amides is 1. The second kappa shape index (κ2) is 75.4. The number of aliphatic hydroxyl groups is 8. The van der Waals surface area contributed by atoms with Crippen molar-refractivity contribution in [3.8, 4) is 0 Å². The number of carbonyl (C=O) groups is 1. The molecule has 14 heteroatoms. The first-order valence-corrected chi connectivity index (χ1v) is 45.5. The van der Waals surface area contributed by atoms with Gasteiger partial charge in [-0.1, -0.05) is 421 Å². The molecule has 0 radical (unpaired) electrons. The van der Waals surface area contributed by atoms with Gasteiger partial charge >= 0.3 is 0 Å². The molecule has 2 aliphatic heterocycles. The van der Waals surface area contributed by atoms with E-state index in [4.69, 9.17) is 18.9 Å². The largest absolute Gasteiger partial charge is 0.394 e. The Balaban J connectivity index is 1.54. The molecule has 1 amide bonds. The Morgan fingerprint density at radius 3 is 1.00 bits per heavy atom. The molecular formula is C92H171NO13. The standard InChI is InChI=1S/C92H171NO13/c1-3-5-7-9-11-13-15-17-19-21-23-25-27-29-31-33-35-36-37-38-39-40-41-42-43-44-46-48-50-52-54-56-58-60-62-64-66-68-70-72-74-76-84(97)93-80(79-103-91-89(102)87(100)90(83(78-95)105-91)106-92-88(101)86(99)85(98)82(77-94)104-92)81(96)75-73-71-69-67-65-63-61-59-57-55-53-51-49-47-45-34-32-30-28-26-24-22-20-18-16-14-12-10-8-6-4-2/h5,7,11,13,17,19,23,25,29,31,80-83,85-92,94-96,98-102H,3-4,6,8-10,12,14-16,18,20-22,24,26-28,30,32-79H2,1-2H3,(H,93,97)/b7-5-,13-11-,19-17-,25-23-,31-29-. The number of nitrogens with one attached hydrogen (secondary N) is 1. The average molecular weight is 1500 g/mol. The van der Waals surface area contributed by atoms with Crippen LogP contribution in [0.1, 0.15) is 425 Å². The third-order valence-electron chi connectivity index (χ3n) is 22.2. The molecule has 2 saturated heterocycles. The van der Waals surface area contributed by atoms with Crippen LogP contribution in [0.25, 0.3) is 0 Å². The van der Waals surface area contributed by atoms with E-state index in [1.165, 1.54) is 315 Å². The van der Waals surface area contributed by atoms with Crippen LogP contribution in [0.3, 0.4) is 0 Å². The number of unbranched alkanes of at least 4 members (excludes halogenated alkanes) is 55. The molecule has 9 N–H and O–H groups in total. The van der Waals surface area contributed by atoms with E-state index < -0.39 is 86.8 Å². The molecule has 0 bridgehead atoms. The van der Waals surface area contributed by atoms with Gasteiger partial charge in [0.2, 0.25) is 5.91 Å². The van der Waals surface area contributed by atoms with Crippen molar-refractivity contribution in [1.82, 2.24) is 5.32 Å². The van der Waals surface area contributed by atoms with Crippen LogP contribution in [0.5, 0.6) is 0 Å². The Hall–Kier alpha value is -2.31. The lowest BCUT2D eigenvalue weighted by Crippen LogP contribution is -2.65. The van der Waals surface area contributed by atoms with Gasteiger partial charge in [0.25, 0.3) is 0 Å². The van der Waals surface area contributed by atoms with Crippen LogP contribution in [-0.4, -0.2) is 140 Å². The number of ether oxygens (including phenoxy) is 4. The first-order valence-electron chi connectivity index (χ1n) is 45.5. The lowest BCUT2D eigenvalue weighted by atomic mass is 9.97. The van der Waals surface area contributed by atoms with Crippen molar-refractivity contribution < 1.29 is 64.6 Å². The van der Waals surface area contributed by atoms with Crippen molar-refractivity contribution in [2.24, 2.45) is 0 Å². The summed E-state index contributed by atoms with van der Waals surface area (Å²) in [5, 5.41) is 88.1. The van der Waals surface area contributed by atoms with Crippen LogP contribution in [0.15, 0.2) is 60.8 Å². The van der Waals surface area contributed by atoms with Gasteiger partial charge in [-0.15, -0.1) is 0 Å². The smallest absolute Gasteiger partial charge is 0.220 e. The molecule has 0 aromatic carbocycles. The minimum absolute atomic E-state index is 0.197. The molecule has 2 rings (SSSR count). The molecule has 2 fully saturated rings. The first-order chi connectivity index (χ1) is 52.1. The lowest BCUT2D eigenvalue weighted by molar-refractivity contribution is -0.359. The number of aliphatic hydroxyl groups excluding tert-OH is 8. The van der Waals surface area contributed by atoms with Gasteiger partial charge in [-0.25, -0.2) is 0 Å². The van der Waals surface area contributed by atoms with Gasteiger partial charge < -0.3 is 65.1 Å². The molecule has 106 heavy (non-hydrogen) atoms. The van der Waals surface area contributed by atoms with Crippen molar-refractivity contribution in [1.29, 1.82) is 0 Å². The molecule has 0 spiro atoms. The van der Waals surface area contributed by atoms with Gasteiger partial charge in [0.15, 0.2) is 12.6 Å². The number of rotatable bonds is 78. The summed E-state index contributed by atoms with van der Waals surface area (Å²) in [7, 11) is 0. The summed E-state index contributed by atoms with van der Waals surface area (Å²) in [6.07, 6.45) is 87.3. The summed E-state index contributed by atoms with van der Waals surface area (Å²) in [5.41, 5.74) is 0. The molecule has 14 nitrogen and oxygen atoms in total. The quantitative estimate of drug-likeness (QED) is 0.0204. The predicted octanol–water partition coefficient (Wildman–Crippen LogP) is 22.3. The highest BCUT2D eigenvalue weighted by molar-refractivity contribution is 5.76. The Morgan fingerprint density at radius 2 is 0.651 bits per heavy atom. The molecule has 2 heterocycles. The van der Waals surface area contributed by atoms with E-state index in [9.17, 15) is 45.6 Å². The van der Waals surface area contributed by atoms with Crippen molar-refractivity contribution in [3.63, 3.8) is 0 Å². The van der Waals surface area contributed by atoms with Crippen LogP contribution in [-0.2, 0) is 23.7 Å². The van der Waals surface area contributed by atoms with Crippen molar-refractivity contribution in [3.05, 3.63) is 60.8 Å². The van der Waals surface area contributed by atoms with Gasteiger partial charge in [0, 0.05) is 6.42 Å². The third-order valence-corrected chi connectivity index (χ3v) is 22.2. The average Bonchev–Trinajstić information content (AvgIpc) is 0.790. The molecule has 0 aromatic heterocycles. The normalized spacial score (nSPS) is 21.5. The van der Waals surface area contributed by atoms with Crippen LogP contribution < -0.4 is 5.32 Å². The van der Waals surface area contributed by atoms with E-state index in [1.807, 2.05) is 0 Å². The molecule has 0 aliphatic carbocycles. The Morgan fingerprint density at radius 1 is 0.349 bits per heavy atom. The van der Waals surface area contributed by atoms with E-state index in [-0.39, 0.29) is 12.5 Å². The summed E-state index contributed by atoms with van der Waals surface area (Å²) in [5.74, 6) is -0.197. The minimum atomic E-state index is -1.78. The van der Waals surface area contributed by atoms with Gasteiger partial charge in [0.1, 0.15) is 48.8 Å². The van der Waals surface area contributed by atoms with Gasteiger partial charge in [-0.3, -0.25) is 4.79 Å². The SMILES string of the molecule is CC/C=C\C/C=C\C/C=C\C/C=C\C/C=C\CCCCCCCCCCCCCCCCCCCCCCCCCCCC(=O)NC(COC1OC(CO)C(OC2OC(CO)C(O)C(O)C2O)C(O)C1O)C(O)CCCCCCCCCCCCCCCCCCCCCCCCCCCCCCCCC. The van der Waals surface area contributed by atoms with Crippen LogP contribution in [0.2, 0.25) is 0 Å². The van der Waals surface area contributed by atoms with E-state index in [1.54, 1.807) is 0 Å². The van der Waals surface area contributed by atoms with E-state index >= 15 is 0 Å². The highest BCUT2D eigenvalue weighted by Gasteiger charge is 2.51. The Kier molecular flexibility index (Phi) is 70.9. The van der Waals surface area contributed by atoms with Crippen molar-refractivity contribution >= 4 is 5.91 Å². The molecule has 622 valence electrons. The summed E-state index contributed by atoms with van der Waals surface area (Å²) >= 11 is 0. The van der Waals surface area contributed by atoms with E-state index in [0.717, 1.165) is 83.5 Å². The maximum Gasteiger partial charge on any atom is 0.220 e. The molecule has 0 aromatic rings. The van der Waals surface area contributed by atoms with E-state index in [0.29, 0.717) is 12.8 Å². The monoisotopic (exact) mass is 1500 g/mol. The zero-order valence-corrected chi connectivity index (χ0v) is 68.7. The molecular weight excluding hydrogens is 1330 g/mol. The zero-order chi connectivity index (χ0) is 76.5. The fourth-order valence-electron chi connectivity index (χ4n) is 15.2. The molecule has 12 unspecified atom stereocenters. The minimum Gasteiger partial charge on any atom is -0.394 e. The highest BCUT2D eigenvalue weighted by Crippen LogP contribution is 2.31. The van der Waals surface area contributed by atoms with Crippen molar-refractivity contribution in [2.45, 2.75) is 498 Å². The molecule has 2 aliphatic rings. The zero-order valence-electron chi connectivity index (χ0n) is 68.7. The highest BCUT2D eigenvalue weighted by atomic mass is 16.7. The summed E-state index contributed by atoms with van der Waals surface area (Å²) in [6.45, 7) is 2.82. The second-order valence-corrected chi connectivity index (χ2v) is 32.1. The first kappa shape index (κ1) is 99.8. The maximum absolute atomic E-state index is 13.4. The predicted molar refractivity (Wildman–Crippen MR) is 443 cm³/mol.